The van der Waals surface area contributed by atoms with Gasteiger partial charge in [-0.25, -0.2) is 9.78 Å². The molecule has 0 saturated heterocycles. The first-order valence-electron chi connectivity index (χ1n) is 6.13. The molecule has 2 amide bonds. The average molecular weight is 330 g/mol. The van der Waals surface area contributed by atoms with E-state index in [0.717, 1.165) is 0 Å². The summed E-state index contributed by atoms with van der Waals surface area (Å²) in [5, 5.41) is 38.4. The minimum Gasteiger partial charge on any atom is -0.341 e. The van der Waals surface area contributed by atoms with Gasteiger partial charge in [0.15, 0.2) is 17.6 Å². The quantitative estimate of drug-likeness (QED) is 0.810. The first kappa shape index (κ1) is 16.0. The van der Waals surface area contributed by atoms with Crippen LogP contribution < -0.4 is 10.6 Å². The molecule has 12 heteroatoms. The van der Waals surface area contributed by atoms with E-state index in [0.29, 0.717) is 5.13 Å². The molecule has 0 aliphatic heterocycles. The maximum atomic E-state index is 11.5. The number of anilines is 1. The molecule has 0 spiro atoms. The van der Waals surface area contributed by atoms with Gasteiger partial charge in [0.05, 0.1) is 12.1 Å². The summed E-state index contributed by atoms with van der Waals surface area (Å²) in [5.41, 5.74) is 1.49. The van der Waals surface area contributed by atoms with Crippen LogP contribution in [0.1, 0.15) is 11.7 Å². The van der Waals surface area contributed by atoms with Gasteiger partial charge in [-0.3, -0.25) is 5.32 Å². The molecule has 2 aromatic heterocycles. The van der Waals surface area contributed by atoms with Gasteiger partial charge in [-0.15, -0.1) is 20.4 Å². The maximum Gasteiger partial charge on any atom is 0.320 e. The van der Waals surface area contributed by atoms with Crippen LogP contribution in [0.15, 0.2) is 15.7 Å². The summed E-state index contributed by atoms with van der Waals surface area (Å²) in [4.78, 5) is 15.6. The molecule has 0 bridgehead atoms. The number of aromatic nitrogens is 4. The SMILES string of the molecule is CNC(=O)Nc1nc(C(C#N)C#N)n(C)c1/N=N/c1nncs1. The zero-order valence-corrected chi connectivity index (χ0v) is 12.9. The lowest BCUT2D eigenvalue weighted by Crippen LogP contribution is -2.24. The minimum atomic E-state index is -1.10. The summed E-state index contributed by atoms with van der Waals surface area (Å²) in [5.74, 6) is -0.705. The van der Waals surface area contributed by atoms with Gasteiger partial charge in [0.2, 0.25) is 0 Å². The third-order valence-electron chi connectivity index (χ3n) is 2.65. The summed E-state index contributed by atoms with van der Waals surface area (Å²) < 4.78 is 1.41. The van der Waals surface area contributed by atoms with Gasteiger partial charge in [0.25, 0.3) is 5.13 Å². The first-order chi connectivity index (χ1) is 11.1. The molecule has 2 N–H and O–H groups in total. The Morgan fingerprint density at radius 2 is 2.17 bits per heavy atom. The third-order valence-corrected chi connectivity index (χ3v) is 3.23. The number of amides is 2. The van der Waals surface area contributed by atoms with Crippen molar-refractivity contribution in [3.8, 4) is 12.1 Å². The second kappa shape index (κ2) is 7.06. The first-order valence-corrected chi connectivity index (χ1v) is 7.01. The van der Waals surface area contributed by atoms with Crippen LogP contribution >= 0.6 is 11.3 Å². The van der Waals surface area contributed by atoms with E-state index in [4.69, 9.17) is 10.5 Å². The Balaban J connectivity index is 2.46. The Labute approximate surface area is 134 Å². The van der Waals surface area contributed by atoms with Crippen molar-refractivity contribution >= 4 is 34.1 Å². The largest absolute Gasteiger partial charge is 0.341 e. The number of azo groups is 1. The highest BCUT2D eigenvalue weighted by Gasteiger charge is 2.23. The summed E-state index contributed by atoms with van der Waals surface area (Å²) in [6.07, 6.45) is 0. The van der Waals surface area contributed by atoms with Crippen molar-refractivity contribution < 1.29 is 4.79 Å². The van der Waals surface area contributed by atoms with Crippen molar-refractivity contribution in [3.05, 3.63) is 11.3 Å². The van der Waals surface area contributed by atoms with Gasteiger partial charge in [-0.1, -0.05) is 11.3 Å². The van der Waals surface area contributed by atoms with Crippen LogP contribution in [0.25, 0.3) is 0 Å². The summed E-state index contributed by atoms with van der Waals surface area (Å²) >= 11 is 1.18. The molecular weight excluding hydrogens is 320 g/mol. The fourth-order valence-electron chi connectivity index (χ4n) is 1.58. The van der Waals surface area contributed by atoms with Crippen molar-refractivity contribution in [2.75, 3.05) is 12.4 Å². The number of carbonyl (C=O) groups excluding carboxylic acids is 1. The third kappa shape index (κ3) is 3.45. The molecule has 0 atom stereocenters. The van der Waals surface area contributed by atoms with Crippen LogP contribution in [-0.4, -0.2) is 32.8 Å². The minimum absolute atomic E-state index is 0.0746. The molecule has 0 fully saturated rings. The zero-order valence-electron chi connectivity index (χ0n) is 12.0. The highest BCUT2D eigenvalue weighted by atomic mass is 32.1. The molecular formula is C11H10N10OS. The van der Waals surface area contributed by atoms with Crippen LogP contribution in [-0.2, 0) is 7.05 Å². The predicted octanol–water partition coefficient (Wildman–Crippen LogP) is 1.57. The monoisotopic (exact) mass is 330 g/mol. The molecule has 2 heterocycles. The fraction of sp³-hybridized carbons (Fsp3) is 0.273. The normalized spacial score (nSPS) is 10.5. The Morgan fingerprint density at radius 3 is 2.74 bits per heavy atom. The Hall–Kier alpha value is -3.38. The van der Waals surface area contributed by atoms with Gasteiger partial charge >= 0.3 is 6.03 Å². The number of nitrogens with one attached hydrogen (secondary N) is 2. The lowest BCUT2D eigenvalue weighted by Gasteiger charge is -2.02. The lowest BCUT2D eigenvalue weighted by atomic mass is 10.2. The molecule has 0 aliphatic rings. The van der Waals surface area contributed by atoms with Crippen LogP contribution in [0.3, 0.4) is 0 Å². The number of carbonyl (C=O) groups is 1. The van der Waals surface area contributed by atoms with Gasteiger partial charge in [-0.2, -0.15) is 10.5 Å². The molecule has 0 radical (unpaired) electrons. The van der Waals surface area contributed by atoms with Crippen LogP contribution in [0, 0.1) is 22.7 Å². The van der Waals surface area contributed by atoms with Crippen LogP contribution in [0.5, 0.6) is 0 Å². The summed E-state index contributed by atoms with van der Waals surface area (Å²) in [6.45, 7) is 0. The molecule has 23 heavy (non-hydrogen) atoms. The van der Waals surface area contributed by atoms with Crippen molar-refractivity contribution in [2.45, 2.75) is 5.92 Å². The van der Waals surface area contributed by atoms with Gasteiger partial charge < -0.3 is 9.88 Å². The number of rotatable bonds is 4. The van der Waals surface area contributed by atoms with E-state index < -0.39 is 11.9 Å². The Morgan fingerprint density at radius 1 is 1.43 bits per heavy atom. The van der Waals surface area contributed by atoms with E-state index in [-0.39, 0.29) is 17.5 Å². The second-order valence-electron chi connectivity index (χ2n) is 4.02. The highest BCUT2D eigenvalue weighted by molar-refractivity contribution is 7.13. The summed E-state index contributed by atoms with van der Waals surface area (Å²) in [6, 6.07) is 3.12. The molecule has 0 saturated carbocycles. The molecule has 0 aromatic carbocycles. The van der Waals surface area contributed by atoms with Crippen molar-refractivity contribution in [1.82, 2.24) is 25.1 Å². The smallest absolute Gasteiger partial charge is 0.320 e. The molecule has 116 valence electrons. The van der Waals surface area contributed by atoms with Gasteiger partial charge in [0.1, 0.15) is 11.3 Å². The van der Waals surface area contributed by atoms with E-state index >= 15 is 0 Å². The average Bonchev–Trinajstić information content (AvgIpc) is 3.16. The summed E-state index contributed by atoms with van der Waals surface area (Å²) in [7, 11) is 3.00. The number of hydrogen-bond acceptors (Lipinski definition) is 9. The van der Waals surface area contributed by atoms with Crippen molar-refractivity contribution in [3.63, 3.8) is 0 Å². The molecule has 11 nitrogen and oxygen atoms in total. The van der Waals surface area contributed by atoms with Crippen molar-refractivity contribution in [1.29, 1.82) is 10.5 Å². The molecule has 2 aromatic rings. The second-order valence-corrected chi connectivity index (χ2v) is 4.83. The van der Waals surface area contributed by atoms with E-state index in [1.54, 1.807) is 7.05 Å². The van der Waals surface area contributed by atoms with E-state index in [9.17, 15) is 4.79 Å². The fourth-order valence-corrected chi connectivity index (χ4v) is 1.95. The molecule has 0 aliphatic carbocycles. The number of nitriles is 2. The Bertz CT molecular complexity index is 795. The van der Waals surface area contributed by atoms with Crippen LogP contribution in [0.4, 0.5) is 21.6 Å². The standard InChI is InChI=1S/C11H10N10OS/c1-14-10(22)17-7-9(18-20-11-19-15-5-23-11)21(2)8(16-7)6(3-12)4-13/h5-6H,1-2H3,(H2,14,17,22)/b20-18+. The van der Waals surface area contributed by atoms with Gasteiger partial charge in [-0.05, 0) is 0 Å². The number of imidazole rings is 1. The number of urea groups is 1. The highest BCUT2D eigenvalue weighted by Crippen LogP contribution is 2.30. The topological polar surface area (TPSA) is 157 Å². The van der Waals surface area contributed by atoms with E-state index in [1.807, 2.05) is 12.1 Å². The lowest BCUT2D eigenvalue weighted by molar-refractivity contribution is 0.254. The van der Waals surface area contributed by atoms with Gasteiger partial charge in [0, 0.05) is 14.1 Å². The molecule has 2 rings (SSSR count). The zero-order chi connectivity index (χ0) is 16.8. The molecule has 0 unspecified atom stereocenters. The Kier molecular flexibility index (Phi) is 4.91. The predicted molar refractivity (Wildman–Crippen MR) is 79.3 cm³/mol. The number of nitrogens with zero attached hydrogens (tertiary/aromatic N) is 8. The van der Waals surface area contributed by atoms with Crippen LogP contribution in [0.2, 0.25) is 0 Å². The number of hydrogen-bond donors (Lipinski definition) is 2. The maximum absolute atomic E-state index is 11.5. The van der Waals surface area contributed by atoms with E-state index in [1.165, 1.54) is 28.5 Å². The van der Waals surface area contributed by atoms with E-state index in [2.05, 4.69) is 36.0 Å². The van der Waals surface area contributed by atoms with Crippen molar-refractivity contribution in [2.24, 2.45) is 17.3 Å².